The standard InChI is InChI=1S/C13H9ClN4O/c1-18(10-4-2-9(6-15)3-5-10)13(19)11-7-17-12(14)8-16-11/h2-5,7-8H,1H3. The molecule has 1 heterocycles. The lowest BCUT2D eigenvalue weighted by atomic mass is 10.2. The third-order valence-corrected chi connectivity index (χ3v) is 2.72. The maximum absolute atomic E-state index is 12.1. The largest absolute Gasteiger partial charge is 0.310 e. The maximum Gasteiger partial charge on any atom is 0.278 e. The number of aromatic nitrogens is 2. The molecule has 0 bridgehead atoms. The van der Waals surface area contributed by atoms with Gasteiger partial charge < -0.3 is 4.90 Å². The van der Waals surface area contributed by atoms with E-state index in [1.807, 2.05) is 6.07 Å². The highest BCUT2D eigenvalue weighted by Crippen LogP contribution is 2.15. The number of carbonyl (C=O) groups is 1. The van der Waals surface area contributed by atoms with Crippen LogP contribution in [0.15, 0.2) is 36.7 Å². The number of nitriles is 1. The molecule has 0 radical (unpaired) electrons. The van der Waals surface area contributed by atoms with E-state index in [4.69, 9.17) is 16.9 Å². The minimum Gasteiger partial charge on any atom is -0.310 e. The van der Waals surface area contributed by atoms with Crippen molar-refractivity contribution in [1.82, 2.24) is 9.97 Å². The first-order valence-corrected chi connectivity index (χ1v) is 5.75. The van der Waals surface area contributed by atoms with Crippen molar-refractivity contribution in [2.24, 2.45) is 0 Å². The summed E-state index contributed by atoms with van der Waals surface area (Å²) in [4.78, 5) is 21.3. The molecular formula is C13H9ClN4O. The van der Waals surface area contributed by atoms with Gasteiger partial charge in [0.25, 0.3) is 5.91 Å². The smallest absolute Gasteiger partial charge is 0.278 e. The quantitative estimate of drug-likeness (QED) is 0.841. The highest BCUT2D eigenvalue weighted by Gasteiger charge is 2.15. The highest BCUT2D eigenvalue weighted by atomic mass is 35.5. The SMILES string of the molecule is CN(C(=O)c1cnc(Cl)cn1)c1ccc(C#N)cc1. The van der Waals surface area contributed by atoms with Crippen LogP contribution in [-0.2, 0) is 0 Å². The van der Waals surface area contributed by atoms with Crippen LogP contribution in [0.3, 0.4) is 0 Å². The van der Waals surface area contributed by atoms with Crippen LogP contribution in [0, 0.1) is 11.3 Å². The zero-order valence-electron chi connectivity index (χ0n) is 10.0. The van der Waals surface area contributed by atoms with Gasteiger partial charge in [0.1, 0.15) is 10.8 Å². The third-order valence-electron chi connectivity index (χ3n) is 2.53. The first kappa shape index (κ1) is 13.0. The van der Waals surface area contributed by atoms with Crippen molar-refractivity contribution in [2.75, 3.05) is 11.9 Å². The Morgan fingerprint density at radius 2 is 1.95 bits per heavy atom. The number of carbonyl (C=O) groups excluding carboxylic acids is 1. The normalized spacial score (nSPS) is 9.74. The molecule has 0 saturated carbocycles. The molecular weight excluding hydrogens is 264 g/mol. The van der Waals surface area contributed by atoms with E-state index < -0.39 is 0 Å². The predicted molar refractivity (Wildman–Crippen MR) is 70.9 cm³/mol. The van der Waals surface area contributed by atoms with Crippen molar-refractivity contribution in [3.8, 4) is 6.07 Å². The predicted octanol–water partition coefficient (Wildman–Crippen LogP) is 2.28. The first-order valence-electron chi connectivity index (χ1n) is 5.37. The Balaban J connectivity index is 2.23. The van der Waals surface area contributed by atoms with Gasteiger partial charge in [-0.2, -0.15) is 5.26 Å². The van der Waals surface area contributed by atoms with Crippen molar-refractivity contribution in [3.05, 3.63) is 53.1 Å². The lowest BCUT2D eigenvalue weighted by Crippen LogP contribution is -2.27. The molecule has 0 spiro atoms. The first-order chi connectivity index (χ1) is 9.11. The molecule has 94 valence electrons. The van der Waals surface area contributed by atoms with Crippen LogP contribution in [0.4, 0.5) is 5.69 Å². The summed E-state index contributed by atoms with van der Waals surface area (Å²) < 4.78 is 0. The second-order valence-corrected chi connectivity index (χ2v) is 4.13. The molecule has 5 nitrogen and oxygen atoms in total. The topological polar surface area (TPSA) is 69.9 Å². The fourth-order valence-electron chi connectivity index (χ4n) is 1.47. The van der Waals surface area contributed by atoms with Crippen molar-refractivity contribution in [3.63, 3.8) is 0 Å². The molecule has 0 aliphatic heterocycles. The molecule has 19 heavy (non-hydrogen) atoms. The van der Waals surface area contributed by atoms with Crippen LogP contribution in [0.1, 0.15) is 16.1 Å². The summed E-state index contributed by atoms with van der Waals surface area (Å²) in [7, 11) is 1.63. The summed E-state index contributed by atoms with van der Waals surface area (Å²) in [6.45, 7) is 0. The van der Waals surface area contributed by atoms with Gasteiger partial charge in [0.15, 0.2) is 0 Å². The Morgan fingerprint density at radius 3 is 2.47 bits per heavy atom. The van der Waals surface area contributed by atoms with E-state index in [0.29, 0.717) is 11.3 Å². The molecule has 1 amide bonds. The molecule has 0 atom stereocenters. The summed E-state index contributed by atoms with van der Waals surface area (Å²) >= 11 is 5.62. The number of anilines is 1. The molecule has 1 aromatic carbocycles. The molecule has 1 aromatic heterocycles. The summed E-state index contributed by atoms with van der Waals surface area (Å²) in [5.41, 5.74) is 1.41. The van der Waals surface area contributed by atoms with E-state index in [-0.39, 0.29) is 16.8 Å². The minimum absolute atomic E-state index is 0.205. The van der Waals surface area contributed by atoms with E-state index >= 15 is 0 Å². The Labute approximate surface area is 115 Å². The van der Waals surface area contributed by atoms with E-state index in [0.717, 1.165) is 0 Å². The average molecular weight is 273 g/mol. The van der Waals surface area contributed by atoms with Crippen LogP contribution in [0.2, 0.25) is 5.15 Å². The van der Waals surface area contributed by atoms with Gasteiger partial charge >= 0.3 is 0 Å². The summed E-state index contributed by atoms with van der Waals surface area (Å²) in [5.74, 6) is -0.297. The van der Waals surface area contributed by atoms with Crippen molar-refractivity contribution < 1.29 is 4.79 Å². The Morgan fingerprint density at radius 1 is 1.26 bits per heavy atom. The van der Waals surface area contributed by atoms with Gasteiger partial charge in [-0.05, 0) is 24.3 Å². The summed E-state index contributed by atoms with van der Waals surface area (Å²) in [6, 6.07) is 8.70. The van der Waals surface area contributed by atoms with Crippen LogP contribution in [-0.4, -0.2) is 22.9 Å². The van der Waals surface area contributed by atoms with E-state index in [9.17, 15) is 4.79 Å². The number of rotatable bonds is 2. The molecule has 0 aliphatic carbocycles. The molecule has 0 N–H and O–H groups in total. The molecule has 0 unspecified atom stereocenters. The Hall–Kier alpha value is -2.45. The van der Waals surface area contributed by atoms with Crippen molar-refractivity contribution in [1.29, 1.82) is 5.26 Å². The second kappa shape index (κ2) is 5.46. The van der Waals surface area contributed by atoms with Crippen molar-refractivity contribution >= 4 is 23.2 Å². The monoisotopic (exact) mass is 272 g/mol. The van der Waals surface area contributed by atoms with Gasteiger partial charge in [-0.25, -0.2) is 9.97 Å². The van der Waals surface area contributed by atoms with Gasteiger partial charge in [-0.3, -0.25) is 4.79 Å². The van der Waals surface area contributed by atoms with Crippen LogP contribution in [0.25, 0.3) is 0 Å². The van der Waals surface area contributed by atoms with Crippen LogP contribution >= 0.6 is 11.6 Å². The van der Waals surface area contributed by atoms with Gasteiger partial charge in [0, 0.05) is 12.7 Å². The molecule has 2 aromatic rings. The zero-order chi connectivity index (χ0) is 13.8. The number of benzene rings is 1. The van der Waals surface area contributed by atoms with E-state index in [1.165, 1.54) is 17.3 Å². The van der Waals surface area contributed by atoms with Gasteiger partial charge in [0.2, 0.25) is 0 Å². The number of amides is 1. The molecule has 6 heteroatoms. The third kappa shape index (κ3) is 2.87. The number of halogens is 1. The van der Waals surface area contributed by atoms with E-state index in [1.54, 1.807) is 31.3 Å². The average Bonchev–Trinajstić information content (AvgIpc) is 2.46. The van der Waals surface area contributed by atoms with Gasteiger partial charge in [-0.15, -0.1) is 0 Å². The fraction of sp³-hybridized carbons (Fsp3) is 0.0769. The summed E-state index contributed by atoms with van der Waals surface area (Å²) in [6.07, 6.45) is 2.65. The Bertz CT molecular complexity index is 631. The Kier molecular flexibility index (Phi) is 3.74. The number of hydrogen-bond acceptors (Lipinski definition) is 4. The summed E-state index contributed by atoms with van der Waals surface area (Å²) in [5, 5.41) is 8.95. The van der Waals surface area contributed by atoms with Gasteiger partial charge in [-0.1, -0.05) is 11.6 Å². The van der Waals surface area contributed by atoms with Crippen LogP contribution in [0.5, 0.6) is 0 Å². The minimum atomic E-state index is -0.297. The van der Waals surface area contributed by atoms with Gasteiger partial charge in [0.05, 0.1) is 24.0 Å². The highest BCUT2D eigenvalue weighted by molar-refractivity contribution is 6.29. The number of nitrogens with zero attached hydrogens (tertiary/aromatic N) is 4. The fourth-order valence-corrected chi connectivity index (χ4v) is 1.57. The second-order valence-electron chi connectivity index (χ2n) is 3.75. The van der Waals surface area contributed by atoms with Crippen molar-refractivity contribution in [2.45, 2.75) is 0 Å². The molecule has 2 rings (SSSR count). The number of hydrogen-bond donors (Lipinski definition) is 0. The van der Waals surface area contributed by atoms with Crippen LogP contribution < -0.4 is 4.90 Å². The molecule has 0 fully saturated rings. The molecule has 0 aliphatic rings. The van der Waals surface area contributed by atoms with E-state index in [2.05, 4.69) is 9.97 Å². The maximum atomic E-state index is 12.1. The lowest BCUT2D eigenvalue weighted by Gasteiger charge is -2.16. The zero-order valence-corrected chi connectivity index (χ0v) is 10.8. The lowest BCUT2D eigenvalue weighted by molar-refractivity contribution is 0.0988. The molecule has 0 saturated heterocycles.